The number of aryl methyl sites for hydroxylation is 3. The van der Waals surface area contributed by atoms with E-state index in [0.29, 0.717) is 11.7 Å². The zero-order chi connectivity index (χ0) is 21.5. The van der Waals surface area contributed by atoms with E-state index in [1.165, 1.54) is 11.1 Å². The molecule has 7 nitrogen and oxygen atoms in total. The van der Waals surface area contributed by atoms with E-state index in [9.17, 15) is 4.79 Å². The average Bonchev–Trinajstić information content (AvgIpc) is 3.32. The largest absolute Gasteiger partial charge is 0.415 e. The van der Waals surface area contributed by atoms with Crippen molar-refractivity contribution < 1.29 is 9.53 Å². The first-order valence-electron chi connectivity index (χ1n) is 10.6. The van der Waals surface area contributed by atoms with Gasteiger partial charge in [0, 0.05) is 30.7 Å². The summed E-state index contributed by atoms with van der Waals surface area (Å²) in [6, 6.07) is 11.8. The maximum absolute atomic E-state index is 12.5. The summed E-state index contributed by atoms with van der Waals surface area (Å²) in [7, 11) is 0. The van der Waals surface area contributed by atoms with Gasteiger partial charge in [0.25, 0.3) is 0 Å². The van der Waals surface area contributed by atoms with Crippen molar-refractivity contribution in [1.82, 2.24) is 25.1 Å². The van der Waals surface area contributed by atoms with E-state index in [1.807, 2.05) is 36.5 Å². The molecule has 0 atom stereocenters. The smallest absolute Gasteiger partial charge is 0.410 e. The van der Waals surface area contributed by atoms with Crippen LogP contribution in [0, 0.1) is 12.8 Å². The molecule has 1 saturated heterocycles. The molecular weight excluding hydrogens is 410 g/mol. The molecule has 1 aliphatic heterocycles. The fraction of sp³-hybridized carbons (Fsp3) is 0.391. The number of nitrogens with zero attached hydrogens (tertiary/aromatic N) is 4. The van der Waals surface area contributed by atoms with Crippen LogP contribution in [0.3, 0.4) is 0 Å². The molecule has 0 radical (unpaired) electrons. The number of benzene rings is 1. The number of H-pyrrole nitrogens is 1. The van der Waals surface area contributed by atoms with Gasteiger partial charge in [-0.3, -0.25) is 10.1 Å². The van der Waals surface area contributed by atoms with Crippen molar-refractivity contribution in [2.75, 3.05) is 18.8 Å². The highest BCUT2D eigenvalue weighted by atomic mass is 32.2. The van der Waals surface area contributed by atoms with Crippen LogP contribution in [0.15, 0.2) is 54.1 Å². The van der Waals surface area contributed by atoms with Crippen molar-refractivity contribution in [3.63, 3.8) is 0 Å². The number of carbonyl (C=O) groups excluding carboxylic acids is 1. The third kappa shape index (κ3) is 6.07. The highest BCUT2D eigenvalue weighted by molar-refractivity contribution is 7.99. The Hall–Kier alpha value is -2.87. The maximum atomic E-state index is 12.5. The summed E-state index contributed by atoms with van der Waals surface area (Å²) in [6.45, 7) is 3.53. The van der Waals surface area contributed by atoms with Gasteiger partial charge in [-0.25, -0.2) is 9.78 Å². The number of aromatic nitrogens is 4. The molecule has 31 heavy (non-hydrogen) atoms. The standard InChI is InChI=1S/C23H27N5O2S/c1-17-3-2-12-24-21(17)9-6-18-4-7-20(8-5-18)30-23(29)28-13-10-19(11-14-28)15-31-22-25-16-26-27-22/h2-5,7-8,12,16,19H,6,9-11,13-15H2,1H3,(H,25,26,27). The Kier molecular flexibility index (Phi) is 7.19. The Morgan fingerprint density at radius 2 is 1.97 bits per heavy atom. The van der Waals surface area contributed by atoms with E-state index in [4.69, 9.17) is 4.74 Å². The van der Waals surface area contributed by atoms with Crippen LogP contribution < -0.4 is 4.74 Å². The minimum absolute atomic E-state index is 0.267. The summed E-state index contributed by atoms with van der Waals surface area (Å²) in [6.07, 6.45) is 6.91. The Balaban J connectivity index is 1.20. The number of hydrogen-bond donors (Lipinski definition) is 1. The highest BCUT2D eigenvalue weighted by Gasteiger charge is 2.24. The van der Waals surface area contributed by atoms with E-state index in [1.54, 1.807) is 23.0 Å². The molecule has 0 unspecified atom stereocenters. The second-order valence-electron chi connectivity index (χ2n) is 7.80. The van der Waals surface area contributed by atoms with Crippen molar-refractivity contribution in [3.8, 4) is 5.75 Å². The van der Waals surface area contributed by atoms with E-state index in [2.05, 4.69) is 33.2 Å². The fourth-order valence-corrected chi connectivity index (χ4v) is 4.64. The zero-order valence-corrected chi connectivity index (χ0v) is 18.5. The molecule has 8 heteroatoms. The van der Waals surface area contributed by atoms with Gasteiger partial charge in [-0.2, -0.15) is 0 Å². The van der Waals surface area contributed by atoms with Crippen molar-refractivity contribution in [2.24, 2.45) is 5.92 Å². The number of amides is 1. The van der Waals surface area contributed by atoms with E-state index in [0.717, 1.165) is 55.4 Å². The number of thioether (sulfide) groups is 1. The molecular formula is C23H27N5O2S. The van der Waals surface area contributed by atoms with Crippen LogP contribution in [0.4, 0.5) is 4.79 Å². The van der Waals surface area contributed by atoms with Crippen LogP contribution in [0.5, 0.6) is 5.75 Å². The molecule has 2 aromatic heterocycles. The second-order valence-corrected chi connectivity index (χ2v) is 8.79. The minimum Gasteiger partial charge on any atom is -0.410 e. The Morgan fingerprint density at radius 1 is 1.16 bits per heavy atom. The average molecular weight is 438 g/mol. The lowest BCUT2D eigenvalue weighted by atomic mass is 9.99. The minimum atomic E-state index is -0.267. The Labute approximate surface area is 186 Å². The number of nitrogens with one attached hydrogen (secondary N) is 1. The number of rotatable bonds is 7. The molecule has 0 spiro atoms. The molecule has 1 aliphatic rings. The number of carbonyl (C=O) groups is 1. The lowest BCUT2D eigenvalue weighted by Gasteiger charge is -2.30. The van der Waals surface area contributed by atoms with E-state index >= 15 is 0 Å². The monoisotopic (exact) mass is 437 g/mol. The number of pyridine rings is 1. The van der Waals surface area contributed by atoms with Crippen molar-refractivity contribution in [1.29, 1.82) is 0 Å². The number of piperidine rings is 1. The zero-order valence-electron chi connectivity index (χ0n) is 17.7. The normalized spacial score (nSPS) is 14.5. The Morgan fingerprint density at radius 3 is 2.68 bits per heavy atom. The molecule has 162 valence electrons. The summed E-state index contributed by atoms with van der Waals surface area (Å²) in [5.41, 5.74) is 3.54. The molecule has 3 heterocycles. The molecule has 3 aromatic rings. The molecule has 1 N–H and O–H groups in total. The summed E-state index contributed by atoms with van der Waals surface area (Å²) < 4.78 is 5.59. The van der Waals surface area contributed by atoms with Crippen LogP contribution in [-0.2, 0) is 12.8 Å². The fourth-order valence-electron chi connectivity index (χ4n) is 3.67. The molecule has 1 fully saturated rings. The van der Waals surface area contributed by atoms with Crippen LogP contribution in [-0.4, -0.2) is 50.0 Å². The molecule has 1 amide bonds. The Bertz CT molecular complexity index is 970. The maximum Gasteiger partial charge on any atom is 0.415 e. The topological polar surface area (TPSA) is 84.0 Å². The van der Waals surface area contributed by atoms with Gasteiger partial charge in [-0.1, -0.05) is 30.0 Å². The molecule has 0 bridgehead atoms. The van der Waals surface area contributed by atoms with Gasteiger partial charge in [0.05, 0.1) is 0 Å². The first-order chi connectivity index (χ1) is 15.2. The molecule has 4 rings (SSSR count). The van der Waals surface area contributed by atoms with Gasteiger partial charge in [0.1, 0.15) is 12.1 Å². The molecule has 1 aromatic carbocycles. The van der Waals surface area contributed by atoms with Crippen molar-refractivity contribution >= 4 is 17.9 Å². The summed E-state index contributed by atoms with van der Waals surface area (Å²) >= 11 is 1.66. The van der Waals surface area contributed by atoms with Crippen molar-refractivity contribution in [2.45, 2.75) is 37.8 Å². The number of aromatic amines is 1. The molecule has 0 saturated carbocycles. The van der Waals surface area contributed by atoms with E-state index < -0.39 is 0 Å². The highest BCUT2D eigenvalue weighted by Crippen LogP contribution is 2.25. The van der Waals surface area contributed by atoms with Crippen LogP contribution in [0.25, 0.3) is 0 Å². The van der Waals surface area contributed by atoms with Crippen LogP contribution >= 0.6 is 11.8 Å². The second kappa shape index (κ2) is 10.4. The third-order valence-electron chi connectivity index (χ3n) is 5.61. The van der Waals surface area contributed by atoms with Gasteiger partial charge in [0.2, 0.25) is 5.16 Å². The lowest BCUT2D eigenvalue weighted by Crippen LogP contribution is -2.40. The SMILES string of the molecule is Cc1cccnc1CCc1ccc(OC(=O)N2CCC(CSc3nc[nH]n3)CC2)cc1. The third-order valence-corrected chi connectivity index (χ3v) is 6.70. The molecule has 0 aliphatic carbocycles. The van der Waals surface area contributed by atoms with Crippen molar-refractivity contribution in [3.05, 3.63) is 65.7 Å². The number of hydrogen-bond acceptors (Lipinski definition) is 6. The van der Waals surface area contributed by atoms with Crippen LogP contribution in [0.1, 0.15) is 29.7 Å². The summed E-state index contributed by atoms with van der Waals surface area (Å²) in [5, 5.41) is 7.57. The first-order valence-corrected chi connectivity index (χ1v) is 11.6. The number of likely N-dealkylation sites (tertiary alicyclic amines) is 1. The van der Waals surface area contributed by atoms with Gasteiger partial charge in [-0.15, -0.1) is 5.10 Å². The first kappa shape index (κ1) is 21.4. The van der Waals surface area contributed by atoms with E-state index in [-0.39, 0.29) is 6.09 Å². The van der Waals surface area contributed by atoms with Gasteiger partial charge in [-0.05, 0) is 67.9 Å². The predicted octanol–water partition coefficient (Wildman–Crippen LogP) is 4.30. The van der Waals surface area contributed by atoms with Gasteiger partial charge in [0.15, 0.2) is 0 Å². The van der Waals surface area contributed by atoms with Gasteiger partial charge >= 0.3 is 6.09 Å². The number of ether oxygens (including phenoxy) is 1. The quantitative estimate of drug-likeness (QED) is 0.555. The van der Waals surface area contributed by atoms with Crippen LogP contribution in [0.2, 0.25) is 0 Å². The lowest BCUT2D eigenvalue weighted by molar-refractivity contribution is 0.134. The summed E-state index contributed by atoms with van der Waals surface area (Å²) in [5.74, 6) is 2.12. The van der Waals surface area contributed by atoms with Gasteiger partial charge < -0.3 is 9.64 Å². The summed E-state index contributed by atoms with van der Waals surface area (Å²) in [4.78, 5) is 22.9. The predicted molar refractivity (Wildman–Crippen MR) is 120 cm³/mol.